The summed E-state index contributed by atoms with van der Waals surface area (Å²) in [5.41, 5.74) is 6.30. The van der Waals surface area contributed by atoms with E-state index in [9.17, 15) is 8.42 Å². The van der Waals surface area contributed by atoms with Crippen molar-refractivity contribution < 1.29 is 8.42 Å². The van der Waals surface area contributed by atoms with Crippen molar-refractivity contribution in [2.75, 3.05) is 20.1 Å². The predicted molar refractivity (Wildman–Crippen MR) is 64.7 cm³/mol. The Hall–Kier alpha value is -0.910. The van der Waals surface area contributed by atoms with Crippen molar-refractivity contribution in [1.29, 1.82) is 0 Å². The molecule has 0 saturated carbocycles. The second-order valence-electron chi connectivity index (χ2n) is 3.79. The first-order chi connectivity index (χ1) is 7.48. The SMILES string of the molecule is Cc1cccc(S(=O)(=O)N(C)CCCN)c1. The highest BCUT2D eigenvalue weighted by atomic mass is 32.2. The van der Waals surface area contributed by atoms with Crippen LogP contribution < -0.4 is 5.73 Å². The van der Waals surface area contributed by atoms with Gasteiger partial charge in [0.1, 0.15) is 0 Å². The quantitative estimate of drug-likeness (QED) is 0.836. The zero-order chi connectivity index (χ0) is 12.2. The molecule has 0 aliphatic carbocycles. The predicted octanol–water partition coefficient (Wildman–Crippen LogP) is 0.964. The average Bonchev–Trinajstić information content (AvgIpc) is 2.25. The summed E-state index contributed by atoms with van der Waals surface area (Å²) < 4.78 is 25.5. The van der Waals surface area contributed by atoms with Crippen LogP contribution >= 0.6 is 0 Å². The molecule has 0 atom stereocenters. The van der Waals surface area contributed by atoms with Crippen LogP contribution in [0, 0.1) is 6.92 Å². The summed E-state index contributed by atoms with van der Waals surface area (Å²) in [4.78, 5) is 0.340. The van der Waals surface area contributed by atoms with Crippen molar-refractivity contribution in [3.8, 4) is 0 Å². The molecule has 0 spiro atoms. The van der Waals surface area contributed by atoms with Gasteiger partial charge in [0.05, 0.1) is 4.90 Å². The smallest absolute Gasteiger partial charge is 0.242 e. The summed E-state index contributed by atoms with van der Waals surface area (Å²) >= 11 is 0. The largest absolute Gasteiger partial charge is 0.330 e. The molecule has 0 amide bonds. The van der Waals surface area contributed by atoms with Crippen LogP contribution in [0.1, 0.15) is 12.0 Å². The maximum Gasteiger partial charge on any atom is 0.242 e. The molecule has 90 valence electrons. The number of hydrogen-bond acceptors (Lipinski definition) is 3. The van der Waals surface area contributed by atoms with Crippen LogP contribution in [0.4, 0.5) is 0 Å². The minimum Gasteiger partial charge on any atom is -0.330 e. The molecule has 0 radical (unpaired) electrons. The Morgan fingerprint density at radius 3 is 2.62 bits per heavy atom. The molecule has 5 heteroatoms. The Labute approximate surface area is 97.1 Å². The highest BCUT2D eigenvalue weighted by Gasteiger charge is 2.19. The van der Waals surface area contributed by atoms with Crippen molar-refractivity contribution >= 4 is 10.0 Å². The van der Waals surface area contributed by atoms with Gasteiger partial charge >= 0.3 is 0 Å². The Morgan fingerprint density at radius 2 is 2.06 bits per heavy atom. The van der Waals surface area contributed by atoms with Crippen molar-refractivity contribution in [3.63, 3.8) is 0 Å². The molecule has 4 nitrogen and oxygen atoms in total. The molecule has 0 aliphatic rings. The van der Waals surface area contributed by atoms with E-state index in [0.717, 1.165) is 5.56 Å². The monoisotopic (exact) mass is 242 g/mol. The molecule has 0 fully saturated rings. The van der Waals surface area contributed by atoms with Crippen LogP contribution in [0.25, 0.3) is 0 Å². The van der Waals surface area contributed by atoms with E-state index in [2.05, 4.69) is 0 Å². The van der Waals surface area contributed by atoms with E-state index in [4.69, 9.17) is 5.73 Å². The van der Waals surface area contributed by atoms with E-state index >= 15 is 0 Å². The normalized spacial score (nSPS) is 12.0. The zero-order valence-electron chi connectivity index (χ0n) is 9.68. The number of hydrogen-bond donors (Lipinski definition) is 1. The number of rotatable bonds is 5. The van der Waals surface area contributed by atoms with Gasteiger partial charge in [-0.15, -0.1) is 0 Å². The fourth-order valence-electron chi connectivity index (χ4n) is 1.39. The number of nitrogens with two attached hydrogens (primary N) is 1. The summed E-state index contributed by atoms with van der Waals surface area (Å²) in [6.07, 6.45) is 0.668. The van der Waals surface area contributed by atoms with Gasteiger partial charge in [-0.2, -0.15) is 0 Å². The molecule has 16 heavy (non-hydrogen) atoms. The van der Waals surface area contributed by atoms with Crippen LogP contribution in [0.15, 0.2) is 29.2 Å². The summed E-state index contributed by atoms with van der Waals surface area (Å²) in [5, 5.41) is 0. The van der Waals surface area contributed by atoms with Crippen molar-refractivity contribution in [2.45, 2.75) is 18.2 Å². The van der Waals surface area contributed by atoms with E-state index in [-0.39, 0.29) is 0 Å². The van der Waals surface area contributed by atoms with E-state index < -0.39 is 10.0 Å². The van der Waals surface area contributed by atoms with Gasteiger partial charge in [0.25, 0.3) is 0 Å². The fraction of sp³-hybridized carbons (Fsp3) is 0.455. The Kier molecular flexibility index (Phi) is 4.46. The Balaban J connectivity index is 2.93. The molecule has 1 aromatic carbocycles. The lowest BCUT2D eigenvalue weighted by Gasteiger charge is -2.16. The van der Waals surface area contributed by atoms with Gasteiger partial charge < -0.3 is 5.73 Å². The standard InChI is InChI=1S/C11H18N2O2S/c1-10-5-3-6-11(9-10)16(14,15)13(2)8-4-7-12/h3,5-6,9H,4,7-8,12H2,1-2H3. The molecule has 0 unspecified atom stereocenters. The maximum atomic E-state index is 12.1. The van der Waals surface area contributed by atoms with Crippen LogP contribution in [-0.2, 0) is 10.0 Å². The van der Waals surface area contributed by atoms with Gasteiger partial charge in [-0.05, 0) is 37.6 Å². The summed E-state index contributed by atoms with van der Waals surface area (Å²) in [7, 11) is -1.78. The summed E-state index contributed by atoms with van der Waals surface area (Å²) in [5.74, 6) is 0. The van der Waals surface area contributed by atoms with Gasteiger partial charge in [0.2, 0.25) is 10.0 Å². The van der Waals surface area contributed by atoms with Crippen molar-refractivity contribution in [2.24, 2.45) is 5.73 Å². The second-order valence-corrected chi connectivity index (χ2v) is 5.83. The third-order valence-electron chi connectivity index (χ3n) is 2.37. The molecule has 0 saturated heterocycles. The van der Waals surface area contributed by atoms with E-state index in [1.165, 1.54) is 4.31 Å². The van der Waals surface area contributed by atoms with Crippen molar-refractivity contribution in [1.82, 2.24) is 4.31 Å². The summed E-state index contributed by atoms with van der Waals surface area (Å²) in [6, 6.07) is 6.91. The molecule has 0 aromatic heterocycles. The second kappa shape index (κ2) is 5.43. The number of nitrogens with zero attached hydrogens (tertiary/aromatic N) is 1. The Morgan fingerprint density at radius 1 is 1.38 bits per heavy atom. The molecule has 1 aromatic rings. The maximum absolute atomic E-state index is 12.1. The zero-order valence-corrected chi connectivity index (χ0v) is 10.5. The lowest BCUT2D eigenvalue weighted by Crippen LogP contribution is -2.29. The highest BCUT2D eigenvalue weighted by molar-refractivity contribution is 7.89. The summed E-state index contributed by atoms with van der Waals surface area (Å²) in [6.45, 7) is 2.82. The third kappa shape index (κ3) is 3.04. The van der Waals surface area contributed by atoms with E-state index in [0.29, 0.717) is 24.4 Å². The molecule has 0 bridgehead atoms. The average molecular weight is 242 g/mol. The topological polar surface area (TPSA) is 63.4 Å². The molecule has 0 aliphatic heterocycles. The highest BCUT2D eigenvalue weighted by Crippen LogP contribution is 2.15. The van der Waals surface area contributed by atoms with Crippen LogP contribution in [-0.4, -0.2) is 32.9 Å². The molecule has 0 heterocycles. The van der Waals surface area contributed by atoms with Gasteiger partial charge in [-0.3, -0.25) is 0 Å². The number of benzene rings is 1. The molecular formula is C11H18N2O2S. The van der Waals surface area contributed by atoms with Crippen molar-refractivity contribution in [3.05, 3.63) is 29.8 Å². The minimum atomic E-state index is -3.36. The number of sulfonamides is 1. The molecule has 2 N–H and O–H groups in total. The first kappa shape index (κ1) is 13.2. The van der Waals surface area contributed by atoms with Gasteiger partial charge in [-0.25, -0.2) is 12.7 Å². The van der Waals surface area contributed by atoms with E-state index in [1.807, 2.05) is 13.0 Å². The van der Waals surface area contributed by atoms with Gasteiger partial charge in [0, 0.05) is 13.6 Å². The van der Waals surface area contributed by atoms with Crippen LogP contribution in [0.3, 0.4) is 0 Å². The van der Waals surface area contributed by atoms with Gasteiger partial charge in [0.15, 0.2) is 0 Å². The first-order valence-corrected chi connectivity index (χ1v) is 6.65. The fourth-order valence-corrected chi connectivity index (χ4v) is 2.70. The van der Waals surface area contributed by atoms with E-state index in [1.54, 1.807) is 25.2 Å². The lowest BCUT2D eigenvalue weighted by atomic mass is 10.2. The third-order valence-corrected chi connectivity index (χ3v) is 4.23. The Bertz CT molecular complexity index is 443. The lowest BCUT2D eigenvalue weighted by molar-refractivity contribution is 0.463. The van der Waals surface area contributed by atoms with Crippen LogP contribution in [0.2, 0.25) is 0 Å². The number of aryl methyl sites for hydroxylation is 1. The minimum absolute atomic E-state index is 0.340. The van der Waals surface area contributed by atoms with Crippen LogP contribution in [0.5, 0.6) is 0 Å². The molecule has 1 rings (SSSR count). The first-order valence-electron chi connectivity index (χ1n) is 5.21. The van der Waals surface area contributed by atoms with Gasteiger partial charge in [-0.1, -0.05) is 12.1 Å². The molecular weight excluding hydrogens is 224 g/mol.